The zero-order chi connectivity index (χ0) is 6.73. The first-order chi connectivity index (χ1) is 3.55. The van der Waals surface area contributed by atoms with Crippen LogP contribution in [-0.4, -0.2) is 36.4 Å². The molecule has 48 valence electrons. The number of amides is 2. The fourth-order valence-electron chi connectivity index (χ4n) is 0.289. The third-order valence-corrected chi connectivity index (χ3v) is 0.830. The Morgan fingerprint density at radius 3 is 1.75 bits per heavy atom. The molecule has 0 rings (SSSR count). The highest BCUT2D eigenvalue weighted by molar-refractivity contribution is 7.78. The molecule has 0 spiro atoms. The van der Waals surface area contributed by atoms with Gasteiger partial charge in [0.1, 0.15) is 0 Å². The van der Waals surface area contributed by atoms with Gasteiger partial charge in [-0.2, -0.15) is 0 Å². The van der Waals surface area contributed by atoms with Gasteiger partial charge in [-0.1, -0.05) is 12.8 Å². The summed E-state index contributed by atoms with van der Waals surface area (Å²) in [6.07, 6.45) is 0. The maximum absolute atomic E-state index is 10.6. The molecule has 0 atom stereocenters. The van der Waals surface area contributed by atoms with E-state index in [1.54, 1.807) is 21.1 Å². The Labute approximate surface area is 54.8 Å². The Morgan fingerprint density at radius 1 is 1.38 bits per heavy atom. The number of thiol groups is 1. The predicted molar refractivity (Wildman–Crippen MR) is 35.8 cm³/mol. The number of carbonyl (C=O) groups is 1. The summed E-state index contributed by atoms with van der Waals surface area (Å²) < 4.78 is 1.22. The van der Waals surface area contributed by atoms with Crippen molar-refractivity contribution in [3.63, 3.8) is 0 Å². The van der Waals surface area contributed by atoms with Crippen LogP contribution in [0.25, 0.3) is 0 Å². The molecule has 8 heavy (non-hydrogen) atoms. The molecular formula is C4H10N2OS. The van der Waals surface area contributed by atoms with Gasteiger partial charge >= 0.3 is 6.03 Å². The highest BCUT2D eigenvalue weighted by Crippen LogP contribution is 1.91. The topological polar surface area (TPSA) is 23.6 Å². The molecule has 0 aromatic rings. The molecule has 3 nitrogen and oxygen atoms in total. The Kier molecular flexibility index (Phi) is 2.68. The van der Waals surface area contributed by atoms with E-state index < -0.39 is 0 Å². The standard InChI is InChI=1S/C4H10N2OS/c1-5(2)4(7)6(3)8/h8H,1-3H3. The molecule has 0 fully saturated rings. The van der Waals surface area contributed by atoms with Gasteiger partial charge in [0.05, 0.1) is 0 Å². The van der Waals surface area contributed by atoms with E-state index in [9.17, 15) is 4.79 Å². The second-order valence-electron chi connectivity index (χ2n) is 1.70. The van der Waals surface area contributed by atoms with Crippen molar-refractivity contribution >= 4 is 18.8 Å². The van der Waals surface area contributed by atoms with Crippen LogP contribution in [0.2, 0.25) is 0 Å². The van der Waals surface area contributed by atoms with Gasteiger partial charge in [-0.3, -0.25) is 4.31 Å². The van der Waals surface area contributed by atoms with Crippen molar-refractivity contribution in [2.45, 2.75) is 0 Å². The number of nitrogens with zero attached hydrogens (tertiary/aromatic N) is 2. The summed E-state index contributed by atoms with van der Waals surface area (Å²) in [5.74, 6) is 0. The van der Waals surface area contributed by atoms with E-state index in [0.717, 1.165) is 0 Å². The average molecular weight is 134 g/mol. The van der Waals surface area contributed by atoms with E-state index in [2.05, 4.69) is 12.8 Å². The summed E-state index contributed by atoms with van der Waals surface area (Å²) in [6.45, 7) is 0. The molecule has 0 bridgehead atoms. The summed E-state index contributed by atoms with van der Waals surface area (Å²) >= 11 is 3.77. The van der Waals surface area contributed by atoms with Gasteiger partial charge in [-0.15, -0.1) is 0 Å². The van der Waals surface area contributed by atoms with Crippen molar-refractivity contribution in [2.75, 3.05) is 21.1 Å². The second kappa shape index (κ2) is 2.81. The highest BCUT2D eigenvalue weighted by Gasteiger charge is 2.03. The van der Waals surface area contributed by atoms with Crippen LogP contribution in [0.1, 0.15) is 0 Å². The SMILES string of the molecule is CN(C)C(=O)N(C)S. The van der Waals surface area contributed by atoms with Crippen molar-refractivity contribution < 1.29 is 4.79 Å². The molecule has 0 aliphatic carbocycles. The van der Waals surface area contributed by atoms with Crippen molar-refractivity contribution in [3.05, 3.63) is 0 Å². The Morgan fingerprint density at radius 2 is 1.75 bits per heavy atom. The van der Waals surface area contributed by atoms with Gasteiger partial charge in [-0.25, -0.2) is 4.79 Å². The maximum atomic E-state index is 10.6. The van der Waals surface area contributed by atoms with Crippen molar-refractivity contribution in [3.8, 4) is 0 Å². The number of urea groups is 1. The first kappa shape index (κ1) is 7.62. The van der Waals surface area contributed by atoms with Gasteiger partial charge < -0.3 is 4.90 Å². The number of rotatable bonds is 0. The van der Waals surface area contributed by atoms with Crippen LogP contribution < -0.4 is 0 Å². The van der Waals surface area contributed by atoms with E-state index >= 15 is 0 Å². The Hall–Kier alpha value is -0.380. The molecule has 0 saturated heterocycles. The predicted octanol–water partition coefficient (Wildman–Crippen LogP) is 0.445. The summed E-state index contributed by atoms with van der Waals surface area (Å²) in [4.78, 5) is 12.1. The zero-order valence-electron chi connectivity index (χ0n) is 5.25. The quantitative estimate of drug-likeness (QED) is 0.478. The van der Waals surface area contributed by atoms with Crippen LogP contribution in [0.4, 0.5) is 4.79 Å². The fraction of sp³-hybridized carbons (Fsp3) is 0.750. The largest absolute Gasteiger partial charge is 0.330 e. The van der Waals surface area contributed by atoms with Crippen molar-refractivity contribution in [1.82, 2.24) is 9.21 Å². The number of hydrogen-bond acceptors (Lipinski definition) is 2. The van der Waals surface area contributed by atoms with Gasteiger partial charge in [0, 0.05) is 21.1 Å². The van der Waals surface area contributed by atoms with E-state index in [-0.39, 0.29) is 6.03 Å². The van der Waals surface area contributed by atoms with Gasteiger partial charge in [0.15, 0.2) is 0 Å². The van der Waals surface area contributed by atoms with Gasteiger partial charge in [0.2, 0.25) is 0 Å². The molecule has 0 saturated carbocycles. The van der Waals surface area contributed by atoms with E-state index in [1.165, 1.54) is 9.21 Å². The fourth-order valence-corrected chi connectivity index (χ4v) is 0.468. The molecule has 2 amide bonds. The molecule has 0 heterocycles. The molecule has 0 aromatic carbocycles. The monoisotopic (exact) mass is 134 g/mol. The van der Waals surface area contributed by atoms with E-state index in [1.807, 2.05) is 0 Å². The van der Waals surface area contributed by atoms with Crippen LogP contribution in [0.3, 0.4) is 0 Å². The van der Waals surface area contributed by atoms with Crippen LogP contribution in [-0.2, 0) is 0 Å². The molecule has 0 aromatic heterocycles. The third kappa shape index (κ3) is 2.07. The number of carbonyl (C=O) groups excluding carboxylic acids is 1. The Balaban J connectivity index is 3.65. The summed E-state index contributed by atoms with van der Waals surface area (Å²) in [5, 5.41) is 0. The minimum atomic E-state index is -0.117. The molecular weight excluding hydrogens is 124 g/mol. The second-order valence-corrected chi connectivity index (χ2v) is 2.30. The Bertz CT molecular complexity index is 82.0. The molecule has 0 aliphatic heterocycles. The maximum Gasteiger partial charge on any atom is 0.329 e. The lowest BCUT2D eigenvalue weighted by atomic mass is 10.8. The number of hydrogen-bond donors (Lipinski definition) is 1. The average Bonchev–Trinajstić information content (AvgIpc) is 1.64. The lowest BCUT2D eigenvalue weighted by molar-refractivity contribution is 0.206. The first-order valence-electron chi connectivity index (χ1n) is 2.19. The van der Waals surface area contributed by atoms with Crippen molar-refractivity contribution in [1.29, 1.82) is 0 Å². The molecule has 0 aliphatic rings. The van der Waals surface area contributed by atoms with Crippen LogP contribution in [0, 0.1) is 0 Å². The van der Waals surface area contributed by atoms with Crippen LogP contribution >= 0.6 is 12.8 Å². The molecule has 0 unspecified atom stereocenters. The minimum Gasteiger partial charge on any atom is -0.330 e. The summed E-state index contributed by atoms with van der Waals surface area (Å²) in [5.41, 5.74) is 0. The van der Waals surface area contributed by atoms with Gasteiger partial charge in [0.25, 0.3) is 0 Å². The zero-order valence-corrected chi connectivity index (χ0v) is 6.14. The first-order valence-corrected chi connectivity index (χ1v) is 2.59. The summed E-state index contributed by atoms with van der Waals surface area (Å²) in [6, 6.07) is -0.117. The van der Waals surface area contributed by atoms with Crippen molar-refractivity contribution in [2.24, 2.45) is 0 Å². The molecule has 0 radical (unpaired) electrons. The lowest BCUT2D eigenvalue weighted by Crippen LogP contribution is -2.30. The summed E-state index contributed by atoms with van der Waals surface area (Å²) in [7, 11) is 4.94. The smallest absolute Gasteiger partial charge is 0.329 e. The third-order valence-electron chi connectivity index (χ3n) is 0.659. The van der Waals surface area contributed by atoms with Crippen LogP contribution in [0.15, 0.2) is 0 Å². The lowest BCUT2D eigenvalue weighted by Gasteiger charge is -2.14. The molecule has 0 N–H and O–H groups in total. The van der Waals surface area contributed by atoms with E-state index in [0.29, 0.717) is 0 Å². The van der Waals surface area contributed by atoms with Gasteiger partial charge in [-0.05, 0) is 0 Å². The highest BCUT2D eigenvalue weighted by atomic mass is 32.1. The normalized spacial score (nSPS) is 8.50. The van der Waals surface area contributed by atoms with Crippen LogP contribution in [0.5, 0.6) is 0 Å². The minimum absolute atomic E-state index is 0.117. The molecule has 4 heteroatoms. The van der Waals surface area contributed by atoms with E-state index in [4.69, 9.17) is 0 Å².